The van der Waals surface area contributed by atoms with Crippen LogP contribution >= 0.6 is 0 Å². The first-order valence-electron chi connectivity index (χ1n) is 5.82. The predicted molar refractivity (Wildman–Crippen MR) is 60.4 cm³/mol. The maximum atomic E-state index is 12.7. The van der Waals surface area contributed by atoms with E-state index >= 15 is 0 Å². The van der Waals surface area contributed by atoms with Crippen molar-refractivity contribution in [2.45, 2.75) is 38.1 Å². The molecule has 2 heteroatoms. The second-order valence-electron chi connectivity index (χ2n) is 4.31. The zero-order chi connectivity index (χ0) is 10.5. The van der Waals surface area contributed by atoms with E-state index in [2.05, 4.69) is 5.32 Å². The average molecular weight is 207 g/mol. The van der Waals surface area contributed by atoms with Gasteiger partial charge in [0, 0.05) is 6.04 Å². The van der Waals surface area contributed by atoms with E-state index in [9.17, 15) is 4.39 Å². The third-order valence-electron chi connectivity index (χ3n) is 3.11. The van der Waals surface area contributed by atoms with Crippen molar-refractivity contribution >= 4 is 0 Å². The highest BCUT2D eigenvalue weighted by molar-refractivity contribution is 5.16. The molecule has 1 nitrogen and oxygen atoms in total. The highest BCUT2D eigenvalue weighted by Gasteiger charge is 2.11. The number of rotatable bonds is 3. The molecule has 0 amide bonds. The molecule has 1 atom stereocenters. The molecule has 0 unspecified atom stereocenters. The Balaban J connectivity index is 1.79. The van der Waals surface area contributed by atoms with Gasteiger partial charge in [-0.05, 0) is 49.9 Å². The van der Waals surface area contributed by atoms with Crippen molar-refractivity contribution in [2.24, 2.45) is 0 Å². The number of aryl methyl sites for hydroxylation is 1. The van der Waals surface area contributed by atoms with Crippen LogP contribution in [0.5, 0.6) is 0 Å². The maximum absolute atomic E-state index is 12.7. The molecular formula is C13H18FN. The number of nitrogens with one attached hydrogen (secondary N) is 1. The Morgan fingerprint density at radius 1 is 1.20 bits per heavy atom. The molecule has 1 saturated heterocycles. The van der Waals surface area contributed by atoms with Gasteiger partial charge in [0.25, 0.3) is 0 Å². The molecule has 1 aliphatic heterocycles. The molecule has 2 rings (SSSR count). The Morgan fingerprint density at radius 2 is 2.00 bits per heavy atom. The van der Waals surface area contributed by atoms with E-state index < -0.39 is 0 Å². The Kier molecular flexibility index (Phi) is 3.73. The Labute approximate surface area is 90.7 Å². The number of hydrogen-bond acceptors (Lipinski definition) is 1. The zero-order valence-corrected chi connectivity index (χ0v) is 9.01. The highest BCUT2D eigenvalue weighted by Crippen LogP contribution is 2.13. The molecule has 0 radical (unpaired) electrons. The van der Waals surface area contributed by atoms with Crippen LogP contribution in [0.3, 0.4) is 0 Å². The number of hydrogen-bond donors (Lipinski definition) is 1. The normalized spacial score (nSPS) is 21.5. The first kappa shape index (κ1) is 10.6. The molecule has 0 bridgehead atoms. The first-order chi connectivity index (χ1) is 7.34. The summed E-state index contributed by atoms with van der Waals surface area (Å²) in [7, 11) is 0. The first-order valence-corrected chi connectivity index (χ1v) is 5.82. The molecular weight excluding hydrogens is 189 g/mol. The Morgan fingerprint density at radius 3 is 2.67 bits per heavy atom. The van der Waals surface area contributed by atoms with Gasteiger partial charge in [0.15, 0.2) is 0 Å². The molecule has 0 aromatic heterocycles. The smallest absolute Gasteiger partial charge is 0.123 e. The topological polar surface area (TPSA) is 12.0 Å². The van der Waals surface area contributed by atoms with Crippen molar-refractivity contribution in [1.82, 2.24) is 5.32 Å². The van der Waals surface area contributed by atoms with Crippen LogP contribution in [0.1, 0.15) is 31.2 Å². The zero-order valence-electron chi connectivity index (χ0n) is 9.01. The highest BCUT2D eigenvalue weighted by atomic mass is 19.1. The summed E-state index contributed by atoms with van der Waals surface area (Å²) in [5.74, 6) is -0.144. The molecule has 0 saturated carbocycles. The van der Waals surface area contributed by atoms with E-state index in [1.54, 1.807) is 12.1 Å². The van der Waals surface area contributed by atoms with Gasteiger partial charge >= 0.3 is 0 Å². The Hall–Kier alpha value is -0.890. The fourth-order valence-electron chi connectivity index (χ4n) is 2.16. The van der Waals surface area contributed by atoms with Gasteiger partial charge in [-0.15, -0.1) is 0 Å². The van der Waals surface area contributed by atoms with E-state index in [-0.39, 0.29) is 5.82 Å². The summed E-state index contributed by atoms with van der Waals surface area (Å²) >= 11 is 0. The maximum Gasteiger partial charge on any atom is 0.123 e. The van der Waals surface area contributed by atoms with Gasteiger partial charge < -0.3 is 5.32 Å². The largest absolute Gasteiger partial charge is 0.314 e. The van der Waals surface area contributed by atoms with E-state index in [1.807, 2.05) is 12.1 Å². The van der Waals surface area contributed by atoms with Gasteiger partial charge in [0.05, 0.1) is 0 Å². The lowest BCUT2D eigenvalue weighted by atomic mass is 9.98. The average Bonchev–Trinajstić information content (AvgIpc) is 2.30. The van der Waals surface area contributed by atoms with Crippen LogP contribution in [0.4, 0.5) is 4.39 Å². The summed E-state index contributed by atoms with van der Waals surface area (Å²) in [5.41, 5.74) is 1.24. The number of benzene rings is 1. The van der Waals surface area contributed by atoms with Crippen molar-refractivity contribution in [3.8, 4) is 0 Å². The predicted octanol–water partition coefficient (Wildman–Crippen LogP) is 2.90. The van der Waals surface area contributed by atoms with E-state index in [4.69, 9.17) is 0 Å². The number of piperidine rings is 1. The third-order valence-corrected chi connectivity index (χ3v) is 3.11. The van der Waals surface area contributed by atoms with Crippen LogP contribution in [0, 0.1) is 5.82 Å². The van der Waals surface area contributed by atoms with Crippen LogP contribution in [-0.4, -0.2) is 12.6 Å². The minimum absolute atomic E-state index is 0.144. The van der Waals surface area contributed by atoms with E-state index in [0.717, 1.165) is 13.0 Å². The van der Waals surface area contributed by atoms with Crippen molar-refractivity contribution < 1.29 is 4.39 Å². The summed E-state index contributed by atoms with van der Waals surface area (Å²) in [5, 5.41) is 3.53. The molecule has 0 aliphatic carbocycles. The fraction of sp³-hybridized carbons (Fsp3) is 0.538. The SMILES string of the molecule is Fc1ccc(CC[C@@H]2CCCCN2)cc1. The second-order valence-corrected chi connectivity index (χ2v) is 4.31. The minimum Gasteiger partial charge on any atom is -0.314 e. The third kappa shape index (κ3) is 3.31. The minimum atomic E-state index is -0.144. The lowest BCUT2D eigenvalue weighted by Crippen LogP contribution is -2.34. The summed E-state index contributed by atoms with van der Waals surface area (Å²) in [6, 6.07) is 7.53. The molecule has 1 fully saturated rings. The van der Waals surface area contributed by atoms with Crippen LogP contribution < -0.4 is 5.32 Å². The quantitative estimate of drug-likeness (QED) is 0.803. The molecule has 1 aliphatic rings. The van der Waals surface area contributed by atoms with Gasteiger partial charge in [-0.1, -0.05) is 18.6 Å². The van der Waals surface area contributed by atoms with Gasteiger partial charge in [-0.2, -0.15) is 0 Å². The van der Waals surface area contributed by atoms with Gasteiger partial charge in [-0.25, -0.2) is 4.39 Å². The molecule has 82 valence electrons. The summed E-state index contributed by atoms with van der Waals surface area (Å²) in [6.45, 7) is 1.16. The second kappa shape index (κ2) is 5.26. The molecule has 1 aromatic rings. The van der Waals surface area contributed by atoms with Crippen LogP contribution in [0.15, 0.2) is 24.3 Å². The van der Waals surface area contributed by atoms with Gasteiger partial charge in [0.1, 0.15) is 5.82 Å². The standard InChI is InChI=1S/C13H18FN/c14-12-7-4-11(5-8-12)6-9-13-3-1-2-10-15-13/h4-5,7-8,13,15H,1-3,6,9-10H2/t13-/m0/s1. The fourth-order valence-corrected chi connectivity index (χ4v) is 2.16. The Bertz CT molecular complexity index is 288. The summed E-state index contributed by atoms with van der Waals surface area (Å²) in [4.78, 5) is 0. The lowest BCUT2D eigenvalue weighted by molar-refractivity contribution is 0.383. The van der Waals surface area contributed by atoms with Crippen LogP contribution in [0.2, 0.25) is 0 Å². The summed E-state index contributed by atoms with van der Waals surface area (Å²) < 4.78 is 12.7. The van der Waals surface area contributed by atoms with Crippen LogP contribution in [-0.2, 0) is 6.42 Å². The van der Waals surface area contributed by atoms with Gasteiger partial charge in [0.2, 0.25) is 0 Å². The van der Waals surface area contributed by atoms with Crippen molar-refractivity contribution in [3.05, 3.63) is 35.6 Å². The molecule has 0 spiro atoms. The molecule has 15 heavy (non-hydrogen) atoms. The van der Waals surface area contributed by atoms with Crippen LogP contribution in [0.25, 0.3) is 0 Å². The monoisotopic (exact) mass is 207 g/mol. The van der Waals surface area contributed by atoms with Crippen molar-refractivity contribution in [3.63, 3.8) is 0 Å². The molecule has 1 heterocycles. The van der Waals surface area contributed by atoms with E-state index in [0.29, 0.717) is 6.04 Å². The number of halogens is 1. The van der Waals surface area contributed by atoms with Gasteiger partial charge in [-0.3, -0.25) is 0 Å². The van der Waals surface area contributed by atoms with E-state index in [1.165, 1.54) is 31.2 Å². The summed E-state index contributed by atoms with van der Waals surface area (Å²) in [6.07, 6.45) is 6.18. The van der Waals surface area contributed by atoms with Crippen molar-refractivity contribution in [2.75, 3.05) is 6.54 Å². The molecule has 1 N–H and O–H groups in total. The lowest BCUT2D eigenvalue weighted by Gasteiger charge is -2.23. The molecule has 1 aromatic carbocycles. The van der Waals surface area contributed by atoms with Crippen molar-refractivity contribution in [1.29, 1.82) is 0 Å².